The third kappa shape index (κ3) is 3.26. The molecular formula is C22H20N2O. The standard InChI is InChI=1S/C22H20N2O/c1-17-9-5-6-10-18(17)15-24-21-14-8-7-13-20(21)23-22(24)16-25-19-11-3-2-4-12-19/h2-14H,15-16H2,1H3. The van der Waals surface area contributed by atoms with Crippen LogP contribution in [0.5, 0.6) is 5.75 Å². The molecule has 1 heterocycles. The van der Waals surface area contributed by atoms with Gasteiger partial charge in [-0.05, 0) is 42.3 Å². The fourth-order valence-corrected chi connectivity index (χ4v) is 3.03. The molecule has 1 aromatic heterocycles. The van der Waals surface area contributed by atoms with Crippen LogP contribution in [0.3, 0.4) is 0 Å². The Bertz CT molecular complexity index is 989. The highest BCUT2D eigenvalue weighted by atomic mass is 16.5. The summed E-state index contributed by atoms with van der Waals surface area (Å²) in [4.78, 5) is 4.79. The highest BCUT2D eigenvalue weighted by molar-refractivity contribution is 5.76. The second-order valence-corrected chi connectivity index (χ2v) is 6.13. The smallest absolute Gasteiger partial charge is 0.148 e. The number of nitrogens with zero attached hydrogens (tertiary/aromatic N) is 2. The minimum atomic E-state index is 0.449. The van der Waals surface area contributed by atoms with Crippen molar-refractivity contribution in [3.8, 4) is 5.75 Å². The number of aromatic nitrogens is 2. The quantitative estimate of drug-likeness (QED) is 0.517. The molecule has 0 N–H and O–H groups in total. The molecular weight excluding hydrogens is 308 g/mol. The van der Waals surface area contributed by atoms with Gasteiger partial charge in [0.1, 0.15) is 18.2 Å². The third-order valence-electron chi connectivity index (χ3n) is 4.43. The van der Waals surface area contributed by atoms with E-state index in [2.05, 4.69) is 54.0 Å². The summed E-state index contributed by atoms with van der Waals surface area (Å²) in [5.41, 5.74) is 4.72. The molecule has 4 rings (SSSR count). The van der Waals surface area contributed by atoms with Gasteiger partial charge in [0.2, 0.25) is 0 Å². The fraction of sp³-hybridized carbons (Fsp3) is 0.136. The van der Waals surface area contributed by atoms with Crippen molar-refractivity contribution in [3.05, 3.63) is 95.8 Å². The van der Waals surface area contributed by atoms with Gasteiger partial charge in [0.15, 0.2) is 0 Å². The molecule has 0 aliphatic heterocycles. The molecule has 124 valence electrons. The van der Waals surface area contributed by atoms with E-state index in [4.69, 9.17) is 9.72 Å². The summed E-state index contributed by atoms with van der Waals surface area (Å²) < 4.78 is 8.20. The monoisotopic (exact) mass is 328 g/mol. The molecule has 4 aromatic rings. The molecule has 0 fully saturated rings. The molecule has 0 unspecified atom stereocenters. The Morgan fingerprint density at radius 2 is 1.56 bits per heavy atom. The molecule has 25 heavy (non-hydrogen) atoms. The Kier molecular flexibility index (Phi) is 4.21. The first-order valence-electron chi connectivity index (χ1n) is 8.48. The van der Waals surface area contributed by atoms with E-state index in [9.17, 15) is 0 Å². The summed E-state index contributed by atoms with van der Waals surface area (Å²) in [6.07, 6.45) is 0. The Morgan fingerprint density at radius 1 is 0.840 bits per heavy atom. The Labute approximate surface area is 147 Å². The number of rotatable bonds is 5. The van der Waals surface area contributed by atoms with E-state index >= 15 is 0 Å². The molecule has 3 nitrogen and oxygen atoms in total. The summed E-state index contributed by atoms with van der Waals surface area (Å²) >= 11 is 0. The molecule has 0 atom stereocenters. The Hall–Kier alpha value is -3.07. The SMILES string of the molecule is Cc1ccccc1Cn1c(COc2ccccc2)nc2ccccc21. The Morgan fingerprint density at radius 3 is 2.40 bits per heavy atom. The number of fused-ring (bicyclic) bond motifs is 1. The maximum atomic E-state index is 5.95. The molecule has 0 aliphatic carbocycles. The van der Waals surface area contributed by atoms with Gasteiger partial charge >= 0.3 is 0 Å². The Balaban J connectivity index is 1.69. The van der Waals surface area contributed by atoms with Crippen LogP contribution in [0.25, 0.3) is 11.0 Å². The van der Waals surface area contributed by atoms with Gasteiger partial charge in [0.05, 0.1) is 11.0 Å². The lowest BCUT2D eigenvalue weighted by Gasteiger charge is -2.12. The number of imidazole rings is 1. The number of benzene rings is 3. The van der Waals surface area contributed by atoms with Crippen LogP contribution in [0, 0.1) is 6.92 Å². The summed E-state index contributed by atoms with van der Waals surface area (Å²) in [7, 11) is 0. The molecule has 0 radical (unpaired) electrons. The molecule has 3 aromatic carbocycles. The predicted octanol–water partition coefficient (Wildman–Crippen LogP) is 4.97. The molecule has 0 aliphatic rings. The van der Waals surface area contributed by atoms with Gasteiger partial charge in [0, 0.05) is 6.54 Å². The first-order chi connectivity index (χ1) is 12.3. The van der Waals surface area contributed by atoms with Crippen LogP contribution >= 0.6 is 0 Å². The van der Waals surface area contributed by atoms with Gasteiger partial charge < -0.3 is 9.30 Å². The predicted molar refractivity (Wildman–Crippen MR) is 101 cm³/mol. The van der Waals surface area contributed by atoms with Crippen molar-refractivity contribution in [1.29, 1.82) is 0 Å². The van der Waals surface area contributed by atoms with Crippen molar-refractivity contribution in [3.63, 3.8) is 0 Å². The fourth-order valence-electron chi connectivity index (χ4n) is 3.03. The lowest BCUT2D eigenvalue weighted by molar-refractivity contribution is 0.291. The van der Waals surface area contributed by atoms with E-state index in [-0.39, 0.29) is 0 Å². The topological polar surface area (TPSA) is 27.1 Å². The van der Waals surface area contributed by atoms with Crippen molar-refractivity contribution in [2.75, 3.05) is 0 Å². The van der Waals surface area contributed by atoms with Crippen LogP contribution < -0.4 is 4.74 Å². The maximum absolute atomic E-state index is 5.95. The number of para-hydroxylation sites is 3. The maximum Gasteiger partial charge on any atom is 0.148 e. The number of aryl methyl sites for hydroxylation is 1. The zero-order valence-corrected chi connectivity index (χ0v) is 14.2. The second kappa shape index (κ2) is 6.81. The summed E-state index contributed by atoms with van der Waals surface area (Å²) in [5, 5.41) is 0. The van der Waals surface area contributed by atoms with E-state index in [0.29, 0.717) is 6.61 Å². The first-order valence-corrected chi connectivity index (χ1v) is 8.48. The number of hydrogen-bond donors (Lipinski definition) is 0. The highest BCUT2D eigenvalue weighted by Crippen LogP contribution is 2.21. The van der Waals surface area contributed by atoms with Crippen LogP contribution in [0.1, 0.15) is 17.0 Å². The zero-order valence-electron chi connectivity index (χ0n) is 14.2. The van der Waals surface area contributed by atoms with Gasteiger partial charge in [-0.2, -0.15) is 0 Å². The summed E-state index contributed by atoms with van der Waals surface area (Å²) in [6, 6.07) is 26.6. The molecule has 0 spiro atoms. The third-order valence-corrected chi connectivity index (χ3v) is 4.43. The van der Waals surface area contributed by atoms with Gasteiger partial charge in [-0.3, -0.25) is 0 Å². The van der Waals surface area contributed by atoms with Gasteiger partial charge in [-0.1, -0.05) is 54.6 Å². The molecule has 0 saturated heterocycles. The van der Waals surface area contributed by atoms with E-state index in [1.54, 1.807) is 0 Å². The van der Waals surface area contributed by atoms with Crippen molar-refractivity contribution in [2.45, 2.75) is 20.1 Å². The van der Waals surface area contributed by atoms with Gasteiger partial charge in [-0.15, -0.1) is 0 Å². The van der Waals surface area contributed by atoms with E-state index in [1.165, 1.54) is 11.1 Å². The van der Waals surface area contributed by atoms with E-state index in [1.807, 2.05) is 36.4 Å². The van der Waals surface area contributed by atoms with Crippen LogP contribution in [0.4, 0.5) is 0 Å². The van der Waals surface area contributed by atoms with E-state index in [0.717, 1.165) is 29.2 Å². The lowest BCUT2D eigenvalue weighted by Crippen LogP contribution is -2.09. The molecule has 0 bridgehead atoms. The van der Waals surface area contributed by atoms with Crippen LogP contribution in [-0.4, -0.2) is 9.55 Å². The van der Waals surface area contributed by atoms with E-state index < -0.39 is 0 Å². The zero-order chi connectivity index (χ0) is 17.1. The first kappa shape index (κ1) is 15.5. The van der Waals surface area contributed by atoms with Gasteiger partial charge in [0.25, 0.3) is 0 Å². The largest absolute Gasteiger partial charge is 0.486 e. The summed E-state index contributed by atoms with van der Waals surface area (Å²) in [6.45, 7) is 3.39. The van der Waals surface area contributed by atoms with Crippen LogP contribution in [0.2, 0.25) is 0 Å². The van der Waals surface area contributed by atoms with Crippen LogP contribution in [-0.2, 0) is 13.2 Å². The van der Waals surface area contributed by atoms with Gasteiger partial charge in [-0.25, -0.2) is 4.98 Å². The average molecular weight is 328 g/mol. The number of ether oxygens (including phenoxy) is 1. The second-order valence-electron chi connectivity index (χ2n) is 6.13. The molecule has 0 amide bonds. The average Bonchev–Trinajstić information content (AvgIpc) is 3.00. The lowest BCUT2D eigenvalue weighted by atomic mass is 10.1. The number of hydrogen-bond acceptors (Lipinski definition) is 2. The van der Waals surface area contributed by atoms with Crippen LogP contribution in [0.15, 0.2) is 78.9 Å². The van der Waals surface area contributed by atoms with Crippen molar-refractivity contribution in [2.24, 2.45) is 0 Å². The highest BCUT2D eigenvalue weighted by Gasteiger charge is 2.12. The molecule has 0 saturated carbocycles. The van der Waals surface area contributed by atoms with Crippen molar-refractivity contribution < 1.29 is 4.74 Å². The van der Waals surface area contributed by atoms with Crippen molar-refractivity contribution >= 4 is 11.0 Å². The van der Waals surface area contributed by atoms with Crippen molar-refractivity contribution in [1.82, 2.24) is 9.55 Å². The minimum absolute atomic E-state index is 0.449. The molecule has 3 heteroatoms. The minimum Gasteiger partial charge on any atom is -0.486 e. The normalized spacial score (nSPS) is 10.9. The summed E-state index contributed by atoms with van der Waals surface area (Å²) in [5.74, 6) is 1.80.